The quantitative estimate of drug-likeness (QED) is 0.797. The van der Waals surface area contributed by atoms with Crippen molar-refractivity contribution in [1.82, 2.24) is 5.32 Å². The topological polar surface area (TPSA) is 98.5 Å². The molecule has 1 amide bonds. The van der Waals surface area contributed by atoms with E-state index in [0.717, 1.165) is 37.4 Å². The Labute approximate surface area is 122 Å². The minimum absolute atomic E-state index is 0.0865. The van der Waals surface area contributed by atoms with E-state index >= 15 is 0 Å². The number of amides is 1. The molecule has 1 saturated heterocycles. The van der Waals surface area contributed by atoms with Crippen molar-refractivity contribution in [2.45, 2.75) is 23.5 Å². The third-order valence-corrected chi connectivity index (χ3v) is 5.67. The Kier molecular flexibility index (Phi) is 5.14. The average Bonchev–Trinajstić information content (AvgIpc) is 2.98. The molecule has 1 fully saturated rings. The van der Waals surface area contributed by atoms with Gasteiger partial charge in [0.2, 0.25) is 15.9 Å². The number of sulfonamides is 1. The standard InChI is InChI=1S/C12H18N2O4S2/c13-20(16,17)12-2-1-10(19-12)7-11(15)14-5-3-9-4-6-18-8-9/h1-2,9H,3-8H2,(H,14,15)(H2,13,16,17). The van der Waals surface area contributed by atoms with Crippen molar-refractivity contribution >= 4 is 27.3 Å². The van der Waals surface area contributed by atoms with Crippen molar-refractivity contribution in [2.24, 2.45) is 11.1 Å². The molecule has 0 bridgehead atoms. The summed E-state index contributed by atoms with van der Waals surface area (Å²) in [7, 11) is -3.67. The zero-order valence-corrected chi connectivity index (χ0v) is 12.6. The predicted molar refractivity (Wildman–Crippen MR) is 75.9 cm³/mol. The molecule has 2 rings (SSSR count). The second kappa shape index (κ2) is 6.66. The summed E-state index contributed by atoms with van der Waals surface area (Å²) in [6.45, 7) is 2.21. The maximum atomic E-state index is 11.7. The molecule has 1 aliphatic heterocycles. The molecule has 1 aromatic heterocycles. The first-order valence-electron chi connectivity index (χ1n) is 6.41. The van der Waals surface area contributed by atoms with Crippen LogP contribution in [-0.4, -0.2) is 34.1 Å². The average molecular weight is 318 g/mol. The number of hydrogen-bond acceptors (Lipinski definition) is 5. The monoisotopic (exact) mass is 318 g/mol. The largest absolute Gasteiger partial charge is 0.381 e. The number of nitrogens with one attached hydrogen (secondary N) is 1. The van der Waals surface area contributed by atoms with Gasteiger partial charge in [-0.1, -0.05) is 0 Å². The van der Waals surface area contributed by atoms with E-state index in [-0.39, 0.29) is 16.5 Å². The van der Waals surface area contributed by atoms with Crippen LogP contribution in [0.15, 0.2) is 16.3 Å². The van der Waals surface area contributed by atoms with Crippen LogP contribution in [0.25, 0.3) is 0 Å². The zero-order chi connectivity index (χ0) is 14.6. The molecule has 1 unspecified atom stereocenters. The number of ether oxygens (including phenoxy) is 1. The fourth-order valence-electron chi connectivity index (χ4n) is 2.05. The normalized spacial score (nSPS) is 19.1. The van der Waals surface area contributed by atoms with E-state index in [1.807, 2.05) is 0 Å². The number of rotatable bonds is 6. The van der Waals surface area contributed by atoms with Gasteiger partial charge in [0, 0.05) is 24.6 Å². The number of hydrogen-bond donors (Lipinski definition) is 2. The van der Waals surface area contributed by atoms with E-state index in [1.165, 1.54) is 6.07 Å². The maximum absolute atomic E-state index is 11.7. The number of thiophene rings is 1. The van der Waals surface area contributed by atoms with Gasteiger partial charge in [-0.2, -0.15) is 0 Å². The minimum Gasteiger partial charge on any atom is -0.381 e. The Balaban J connectivity index is 1.75. The molecule has 20 heavy (non-hydrogen) atoms. The molecule has 6 nitrogen and oxygen atoms in total. The lowest BCUT2D eigenvalue weighted by Gasteiger charge is -2.08. The molecule has 8 heteroatoms. The fourth-order valence-corrected chi connectivity index (χ4v) is 3.83. The van der Waals surface area contributed by atoms with Crippen LogP contribution >= 0.6 is 11.3 Å². The Morgan fingerprint density at radius 1 is 1.50 bits per heavy atom. The van der Waals surface area contributed by atoms with Gasteiger partial charge in [0.25, 0.3) is 0 Å². The first-order valence-corrected chi connectivity index (χ1v) is 8.77. The van der Waals surface area contributed by atoms with Gasteiger partial charge in [0.1, 0.15) is 4.21 Å². The Morgan fingerprint density at radius 2 is 2.30 bits per heavy atom. The van der Waals surface area contributed by atoms with Gasteiger partial charge in [-0.3, -0.25) is 4.79 Å². The van der Waals surface area contributed by atoms with Crippen LogP contribution < -0.4 is 10.5 Å². The van der Waals surface area contributed by atoms with Crippen LogP contribution in [0.4, 0.5) is 0 Å². The summed E-state index contributed by atoms with van der Waals surface area (Å²) in [6, 6.07) is 3.05. The second-order valence-corrected chi connectivity index (χ2v) is 7.77. The SMILES string of the molecule is NS(=O)(=O)c1ccc(CC(=O)NCCC2CCOC2)s1. The Bertz CT molecular complexity index is 562. The highest BCUT2D eigenvalue weighted by molar-refractivity contribution is 7.91. The van der Waals surface area contributed by atoms with Crippen molar-refractivity contribution in [3.63, 3.8) is 0 Å². The van der Waals surface area contributed by atoms with Gasteiger partial charge < -0.3 is 10.1 Å². The summed E-state index contributed by atoms with van der Waals surface area (Å²) in [6.07, 6.45) is 2.15. The van der Waals surface area contributed by atoms with Crippen molar-refractivity contribution in [3.05, 3.63) is 17.0 Å². The van der Waals surface area contributed by atoms with E-state index in [2.05, 4.69) is 5.32 Å². The summed E-state index contributed by atoms with van der Waals surface area (Å²) in [5, 5.41) is 7.86. The van der Waals surface area contributed by atoms with Crippen LogP contribution in [0.2, 0.25) is 0 Å². The number of nitrogens with two attached hydrogens (primary N) is 1. The summed E-state index contributed by atoms with van der Waals surface area (Å²) in [5.41, 5.74) is 0. The molecule has 112 valence electrons. The van der Waals surface area contributed by atoms with Crippen molar-refractivity contribution < 1.29 is 17.9 Å². The summed E-state index contributed by atoms with van der Waals surface area (Å²) < 4.78 is 27.6. The summed E-state index contributed by atoms with van der Waals surface area (Å²) in [4.78, 5) is 12.4. The maximum Gasteiger partial charge on any atom is 0.247 e. The zero-order valence-electron chi connectivity index (χ0n) is 11.0. The third kappa shape index (κ3) is 4.55. The first kappa shape index (κ1) is 15.4. The molecular weight excluding hydrogens is 300 g/mol. The molecule has 3 N–H and O–H groups in total. The van der Waals surface area contributed by atoms with Crippen LogP contribution in [-0.2, 0) is 26.0 Å². The van der Waals surface area contributed by atoms with Crippen LogP contribution in [0.5, 0.6) is 0 Å². The molecule has 1 aromatic rings. The lowest BCUT2D eigenvalue weighted by molar-refractivity contribution is -0.120. The van der Waals surface area contributed by atoms with Crippen LogP contribution in [0.1, 0.15) is 17.7 Å². The molecular formula is C12H18N2O4S2. The molecule has 1 atom stereocenters. The number of primary sulfonamides is 1. The minimum atomic E-state index is -3.67. The first-order chi connectivity index (χ1) is 9.45. The van der Waals surface area contributed by atoms with E-state index in [1.54, 1.807) is 6.07 Å². The number of carbonyl (C=O) groups excluding carboxylic acids is 1. The van der Waals surface area contributed by atoms with E-state index < -0.39 is 10.0 Å². The number of carbonyl (C=O) groups is 1. The second-order valence-electron chi connectivity index (χ2n) is 4.81. The molecule has 0 spiro atoms. The Morgan fingerprint density at radius 3 is 2.90 bits per heavy atom. The van der Waals surface area contributed by atoms with Gasteiger partial charge in [-0.15, -0.1) is 11.3 Å². The lowest BCUT2D eigenvalue weighted by atomic mass is 10.1. The van der Waals surface area contributed by atoms with Gasteiger partial charge in [0.15, 0.2) is 0 Å². The van der Waals surface area contributed by atoms with Crippen molar-refractivity contribution in [3.8, 4) is 0 Å². The molecule has 0 radical (unpaired) electrons. The molecule has 0 aliphatic carbocycles. The van der Waals surface area contributed by atoms with E-state index in [4.69, 9.17) is 9.88 Å². The third-order valence-electron chi connectivity index (χ3n) is 3.15. The van der Waals surface area contributed by atoms with E-state index in [0.29, 0.717) is 17.3 Å². The highest BCUT2D eigenvalue weighted by Gasteiger charge is 2.16. The molecule has 1 aliphatic rings. The van der Waals surface area contributed by atoms with Gasteiger partial charge in [0.05, 0.1) is 6.42 Å². The van der Waals surface area contributed by atoms with E-state index in [9.17, 15) is 13.2 Å². The smallest absolute Gasteiger partial charge is 0.247 e. The van der Waals surface area contributed by atoms with Gasteiger partial charge in [-0.25, -0.2) is 13.6 Å². The van der Waals surface area contributed by atoms with Crippen molar-refractivity contribution in [2.75, 3.05) is 19.8 Å². The lowest BCUT2D eigenvalue weighted by Crippen LogP contribution is -2.27. The van der Waals surface area contributed by atoms with Crippen LogP contribution in [0.3, 0.4) is 0 Å². The molecule has 0 saturated carbocycles. The van der Waals surface area contributed by atoms with Crippen molar-refractivity contribution in [1.29, 1.82) is 0 Å². The highest BCUT2D eigenvalue weighted by Crippen LogP contribution is 2.20. The molecule has 0 aromatic carbocycles. The molecule has 2 heterocycles. The summed E-state index contributed by atoms with van der Waals surface area (Å²) in [5.74, 6) is 0.428. The summed E-state index contributed by atoms with van der Waals surface area (Å²) >= 11 is 1.03. The predicted octanol–water partition coefficient (Wildman–Crippen LogP) is 0.481. The fraction of sp³-hybridized carbons (Fsp3) is 0.583. The van der Waals surface area contributed by atoms with Crippen LogP contribution in [0, 0.1) is 5.92 Å². The Hall–Kier alpha value is -0.960. The van der Waals surface area contributed by atoms with Gasteiger partial charge >= 0.3 is 0 Å². The highest BCUT2D eigenvalue weighted by atomic mass is 32.2. The van der Waals surface area contributed by atoms with Gasteiger partial charge in [-0.05, 0) is 30.9 Å².